The number of alkyl carbamates (subject to hydrolysis) is 1. The molecule has 3 rings (SSSR count). The molecule has 0 saturated heterocycles. The molecule has 9 nitrogen and oxygen atoms in total. The van der Waals surface area contributed by atoms with Crippen LogP contribution in [0.4, 0.5) is 4.79 Å². The number of carbonyl (C=O) groups is 3. The molecule has 0 bridgehead atoms. The van der Waals surface area contributed by atoms with Crippen molar-refractivity contribution >= 4 is 17.9 Å². The van der Waals surface area contributed by atoms with E-state index in [9.17, 15) is 14.4 Å². The van der Waals surface area contributed by atoms with E-state index < -0.39 is 29.6 Å². The fourth-order valence-corrected chi connectivity index (χ4v) is 3.43. The third-order valence-corrected chi connectivity index (χ3v) is 5.37. The predicted molar refractivity (Wildman–Crippen MR) is 144 cm³/mol. The van der Waals surface area contributed by atoms with Crippen molar-refractivity contribution in [3.8, 4) is 5.75 Å². The molecule has 0 spiro atoms. The van der Waals surface area contributed by atoms with E-state index in [1.165, 1.54) is 0 Å². The standard InChI is InChI=1S/C29H34N4O5/c1-29(2,3)38-28(36)31-25(27(35)33-32-26(34)23-13-9-21(18-30)10-14-23)17-20-11-15-24(16-12-20)37-19-22-7-5-4-6-8-22/h4-16,25H,17-19,30H2,1-3H3,(H,31,36)(H,32,34)(H,33,35)/t25-/m1/s1. The first kappa shape index (κ1) is 28.2. The van der Waals surface area contributed by atoms with Crippen LogP contribution in [0, 0.1) is 0 Å². The summed E-state index contributed by atoms with van der Waals surface area (Å²) in [6.45, 7) is 5.97. The van der Waals surface area contributed by atoms with E-state index >= 15 is 0 Å². The molecule has 5 N–H and O–H groups in total. The number of carbonyl (C=O) groups excluding carboxylic acids is 3. The zero-order valence-electron chi connectivity index (χ0n) is 21.8. The molecule has 0 saturated carbocycles. The third kappa shape index (κ3) is 9.25. The van der Waals surface area contributed by atoms with Gasteiger partial charge in [0.15, 0.2) is 0 Å². The highest BCUT2D eigenvalue weighted by molar-refractivity contribution is 5.96. The van der Waals surface area contributed by atoms with E-state index in [0.29, 0.717) is 24.5 Å². The molecule has 3 aromatic rings. The normalized spacial score (nSPS) is 11.7. The Hall–Kier alpha value is -4.37. The number of rotatable bonds is 9. The van der Waals surface area contributed by atoms with Gasteiger partial charge in [-0.15, -0.1) is 0 Å². The first-order valence-corrected chi connectivity index (χ1v) is 12.3. The molecular weight excluding hydrogens is 484 g/mol. The van der Waals surface area contributed by atoms with Crippen molar-refractivity contribution in [1.82, 2.24) is 16.2 Å². The Bertz CT molecular complexity index is 1210. The summed E-state index contributed by atoms with van der Waals surface area (Å²) in [5.41, 5.74) is 12.7. The Kier molecular flexibility index (Phi) is 9.84. The summed E-state index contributed by atoms with van der Waals surface area (Å²) >= 11 is 0. The summed E-state index contributed by atoms with van der Waals surface area (Å²) in [5.74, 6) is -0.434. The summed E-state index contributed by atoms with van der Waals surface area (Å²) in [6, 6.07) is 22.7. The summed E-state index contributed by atoms with van der Waals surface area (Å²) in [7, 11) is 0. The average Bonchev–Trinajstić information content (AvgIpc) is 2.90. The van der Waals surface area contributed by atoms with Gasteiger partial charge in [-0.25, -0.2) is 4.79 Å². The van der Waals surface area contributed by atoms with E-state index in [1.807, 2.05) is 42.5 Å². The molecule has 38 heavy (non-hydrogen) atoms. The fourth-order valence-electron chi connectivity index (χ4n) is 3.43. The van der Waals surface area contributed by atoms with Gasteiger partial charge in [-0.1, -0.05) is 54.6 Å². The third-order valence-electron chi connectivity index (χ3n) is 5.37. The van der Waals surface area contributed by atoms with Gasteiger partial charge < -0.3 is 20.5 Å². The highest BCUT2D eigenvalue weighted by atomic mass is 16.6. The van der Waals surface area contributed by atoms with Gasteiger partial charge in [0.05, 0.1) is 0 Å². The Morgan fingerprint density at radius 3 is 2.05 bits per heavy atom. The lowest BCUT2D eigenvalue weighted by molar-refractivity contribution is -0.124. The first-order valence-electron chi connectivity index (χ1n) is 12.3. The number of nitrogens with one attached hydrogen (secondary N) is 3. The van der Waals surface area contributed by atoms with Crippen LogP contribution in [-0.4, -0.2) is 29.6 Å². The second-order valence-corrected chi connectivity index (χ2v) is 9.67. The SMILES string of the molecule is CC(C)(C)OC(=O)N[C@H](Cc1ccc(OCc2ccccc2)cc1)C(=O)NNC(=O)c1ccc(CN)cc1. The van der Waals surface area contributed by atoms with Gasteiger partial charge >= 0.3 is 6.09 Å². The van der Waals surface area contributed by atoms with E-state index in [4.69, 9.17) is 15.2 Å². The zero-order valence-corrected chi connectivity index (χ0v) is 21.8. The maximum Gasteiger partial charge on any atom is 0.408 e. The van der Waals surface area contributed by atoms with Crippen molar-refractivity contribution in [3.63, 3.8) is 0 Å². The van der Waals surface area contributed by atoms with Gasteiger partial charge in [0, 0.05) is 18.5 Å². The van der Waals surface area contributed by atoms with Crippen LogP contribution in [0.3, 0.4) is 0 Å². The van der Waals surface area contributed by atoms with Crippen molar-refractivity contribution in [1.29, 1.82) is 0 Å². The molecule has 0 aliphatic heterocycles. The van der Waals surface area contributed by atoms with Gasteiger partial charge in [-0.05, 0) is 61.7 Å². The number of amides is 3. The largest absolute Gasteiger partial charge is 0.489 e. The molecule has 0 unspecified atom stereocenters. The number of hydrogen-bond donors (Lipinski definition) is 4. The highest BCUT2D eigenvalue weighted by Gasteiger charge is 2.25. The Balaban J connectivity index is 1.63. The molecule has 0 radical (unpaired) electrons. The number of nitrogens with two attached hydrogens (primary N) is 1. The Labute approximate surface area is 222 Å². The van der Waals surface area contributed by atoms with E-state index in [2.05, 4.69) is 16.2 Å². The Morgan fingerprint density at radius 2 is 1.45 bits per heavy atom. The van der Waals surface area contributed by atoms with Crippen molar-refractivity contribution in [2.75, 3.05) is 0 Å². The van der Waals surface area contributed by atoms with Gasteiger partial charge in [-0.3, -0.25) is 20.4 Å². The van der Waals surface area contributed by atoms with Crippen LogP contribution in [0.15, 0.2) is 78.9 Å². The zero-order chi connectivity index (χ0) is 27.5. The van der Waals surface area contributed by atoms with Crippen molar-refractivity contribution in [2.45, 2.75) is 52.0 Å². The fraction of sp³-hybridized carbons (Fsp3) is 0.276. The minimum Gasteiger partial charge on any atom is -0.489 e. The van der Waals surface area contributed by atoms with E-state index in [1.54, 1.807) is 57.2 Å². The van der Waals surface area contributed by atoms with Gasteiger partial charge in [-0.2, -0.15) is 0 Å². The summed E-state index contributed by atoms with van der Waals surface area (Å²) in [5, 5.41) is 2.59. The van der Waals surface area contributed by atoms with Gasteiger partial charge in [0.25, 0.3) is 11.8 Å². The molecular formula is C29H34N4O5. The number of ether oxygens (including phenoxy) is 2. The van der Waals surface area contributed by atoms with Crippen molar-refractivity contribution in [3.05, 3.63) is 101 Å². The van der Waals surface area contributed by atoms with Crippen LogP contribution in [0.1, 0.15) is 47.8 Å². The van der Waals surface area contributed by atoms with Crippen LogP contribution in [0.25, 0.3) is 0 Å². The first-order chi connectivity index (χ1) is 18.1. The van der Waals surface area contributed by atoms with Gasteiger partial charge in [0.2, 0.25) is 0 Å². The van der Waals surface area contributed by atoms with Gasteiger partial charge in [0.1, 0.15) is 24.0 Å². The maximum absolute atomic E-state index is 13.0. The maximum atomic E-state index is 13.0. The quantitative estimate of drug-likeness (QED) is 0.320. The second kappa shape index (κ2) is 13.3. The average molecular weight is 519 g/mol. The summed E-state index contributed by atoms with van der Waals surface area (Å²) in [4.78, 5) is 37.9. The molecule has 3 aromatic carbocycles. The molecule has 200 valence electrons. The Morgan fingerprint density at radius 1 is 0.816 bits per heavy atom. The molecule has 1 atom stereocenters. The lowest BCUT2D eigenvalue weighted by atomic mass is 10.1. The monoisotopic (exact) mass is 518 g/mol. The van der Waals surface area contributed by atoms with Crippen molar-refractivity contribution in [2.24, 2.45) is 5.73 Å². The smallest absolute Gasteiger partial charge is 0.408 e. The minimum absolute atomic E-state index is 0.158. The highest BCUT2D eigenvalue weighted by Crippen LogP contribution is 2.16. The van der Waals surface area contributed by atoms with Crippen LogP contribution >= 0.6 is 0 Å². The van der Waals surface area contributed by atoms with Crippen LogP contribution < -0.4 is 26.6 Å². The minimum atomic E-state index is -1.01. The number of benzene rings is 3. The van der Waals surface area contributed by atoms with E-state index in [0.717, 1.165) is 16.7 Å². The summed E-state index contributed by atoms with van der Waals surface area (Å²) in [6.07, 6.45) is -0.588. The second-order valence-electron chi connectivity index (χ2n) is 9.67. The van der Waals surface area contributed by atoms with Crippen molar-refractivity contribution < 1.29 is 23.9 Å². The molecule has 0 aromatic heterocycles. The molecule has 0 fully saturated rings. The predicted octanol–water partition coefficient (Wildman–Crippen LogP) is 3.62. The lowest BCUT2D eigenvalue weighted by Crippen LogP contribution is -2.53. The van der Waals surface area contributed by atoms with Crippen LogP contribution in [0.2, 0.25) is 0 Å². The van der Waals surface area contributed by atoms with E-state index in [-0.39, 0.29) is 6.42 Å². The topological polar surface area (TPSA) is 132 Å². The number of hydrazine groups is 1. The molecule has 3 amide bonds. The van der Waals surface area contributed by atoms with Crippen LogP contribution in [-0.2, 0) is 29.1 Å². The molecule has 9 heteroatoms. The van der Waals surface area contributed by atoms with Crippen LogP contribution in [0.5, 0.6) is 5.75 Å². The number of hydrogen-bond acceptors (Lipinski definition) is 6. The summed E-state index contributed by atoms with van der Waals surface area (Å²) < 4.78 is 11.1. The lowest BCUT2D eigenvalue weighted by Gasteiger charge is -2.23. The molecule has 0 aliphatic carbocycles. The molecule has 0 aliphatic rings. The molecule has 0 heterocycles.